The van der Waals surface area contributed by atoms with Crippen molar-refractivity contribution in [2.45, 2.75) is 32.1 Å². The average Bonchev–Trinajstić information content (AvgIpc) is 3.55. The maximum Gasteiger partial charge on any atom is 0.230 e. The SMILES string of the molecule is CCn1c(SCC(=O)NCc2ccco2)nnc1-c1cc(-c2ccc(C)cc2)nc2ccccc12. The Balaban J connectivity index is 1.44. The van der Waals surface area contributed by atoms with Gasteiger partial charge in [-0.25, -0.2) is 4.98 Å². The third kappa shape index (κ3) is 4.97. The van der Waals surface area contributed by atoms with Crippen LogP contribution >= 0.6 is 11.8 Å². The molecule has 0 aliphatic carbocycles. The maximum absolute atomic E-state index is 12.3. The van der Waals surface area contributed by atoms with Crippen molar-refractivity contribution >= 4 is 28.6 Å². The first kappa shape index (κ1) is 22.9. The van der Waals surface area contributed by atoms with Crippen LogP contribution in [0.5, 0.6) is 0 Å². The molecule has 1 N–H and O–H groups in total. The number of furan rings is 1. The summed E-state index contributed by atoms with van der Waals surface area (Å²) in [4.78, 5) is 17.3. The molecule has 0 atom stereocenters. The molecule has 3 aromatic heterocycles. The number of aromatic nitrogens is 4. The third-order valence-electron chi connectivity index (χ3n) is 5.71. The normalized spacial score (nSPS) is 11.1. The van der Waals surface area contributed by atoms with E-state index in [9.17, 15) is 4.79 Å². The number of benzene rings is 2. The molecule has 176 valence electrons. The van der Waals surface area contributed by atoms with E-state index in [0.717, 1.165) is 39.3 Å². The number of hydrogen-bond donors (Lipinski definition) is 1. The first-order valence-electron chi connectivity index (χ1n) is 11.4. The van der Waals surface area contributed by atoms with Crippen molar-refractivity contribution in [2.24, 2.45) is 0 Å². The van der Waals surface area contributed by atoms with Crippen molar-refractivity contribution in [2.75, 3.05) is 5.75 Å². The minimum atomic E-state index is -0.0883. The number of thioether (sulfide) groups is 1. The first-order valence-corrected chi connectivity index (χ1v) is 12.4. The van der Waals surface area contributed by atoms with Crippen LogP contribution in [0.4, 0.5) is 0 Å². The van der Waals surface area contributed by atoms with Gasteiger partial charge in [-0.3, -0.25) is 4.79 Å². The Morgan fingerprint density at radius 2 is 1.89 bits per heavy atom. The summed E-state index contributed by atoms with van der Waals surface area (Å²) in [6, 6.07) is 22.1. The summed E-state index contributed by atoms with van der Waals surface area (Å²) < 4.78 is 7.31. The van der Waals surface area contributed by atoms with E-state index >= 15 is 0 Å². The lowest BCUT2D eigenvalue weighted by molar-refractivity contribution is -0.118. The van der Waals surface area contributed by atoms with Crippen molar-refractivity contribution in [3.63, 3.8) is 0 Å². The van der Waals surface area contributed by atoms with Crippen LogP contribution < -0.4 is 5.32 Å². The molecule has 3 heterocycles. The lowest BCUT2D eigenvalue weighted by atomic mass is 10.0. The van der Waals surface area contributed by atoms with Crippen LogP contribution in [0.1, 0.15) is 18.2 Å². The summed E-state index contributed by atoms with van der Waals surface area (Å²) in [7, 11) is 0. The van der Waals surface area contributed by atoms with Gasteiger partial charge < -0.3 is 14.3 Å². The zero-order valence-electron chi connectivity index (χ0n) is 19.6. The molecule has 5 aromatic rings. The van der Waals surface area contributed by atoms with Gasteiger partial charge in [0.15, 0.2) is 11.0 Å². The number of hydrogen-bond acceptors (Lipinski definition) is 6. The van der Waals surface area contributed by atoms with Crippen LogP contribution in [0.2, 0.25) is 0 Å². The molecule has 5 rings (SSSR count). The Bertz CT molecular complexity index is 1460. The van der Waals surface area contributed by atoms with Gasteiger partial charge in [-0.05, 0) is 38.1 Å². The van der Waals surface area contributed by atoms with Gasteiger partial charge >= 0.3 is 0 Å². The van der Waals surface area contributed by atoms with Crippen molar-refractivity contribution in [3.05, 3.63) is 84.3 Å². The van der Waals surface area contributed by atoms with Crippen LogP contribution in [0.15, 0.2) is 82.6 Å². The Hall–Kier alpha value is -3.91. The molecule has 0 fully saturated rings. The standard InChI is InChI=1S/C27H25N5O2S/c1-3-32-26(30-31-27(32)35-17-25(33)28-16-20-7-6-14-34-20)22-15-24(19-12-10-18(2)11-13-19)29-23-9-5-4-8-21(22)23/h4-15H,3,16-17H2,1-2H3,(H,28,33). The highest BCUT2D eigenvalue weighted by Crippen LogP contribution is 2.33. The van der Waals surface area contributed by atoms with Crippen molar-refractivity contribution in [1.29, 1.82) is 0 Å². The lowest BCUT2D eigenvalue weighted by Crippen LogP contribution is -2.24. The van der Waals surface area contributed by atoms with E-state index in [1.807, 2.05) is 28.8 Å². The van der Waals surface area contributed by atoms with E-state index < -0.39 is 0 Å². The summed E-state index contributed by atoms with van der Waals surface area (Å²) in [5.74, 6) is 1.63. The third-order valence-corrected chi connectivity index (χ3v) is 6.68. The molecule has 0 aliphatic rings. The number of fused-ring (bicyclic) bond motifs is 1. The number of amides is 1. The van der Waals surface area contributed by atoms with Gasteiger partial charge in [0.05, 0.1) is 29.8 Å². The number of aryl methyl sites for hydroxylation is 1. The van der Waals surface area contributed by atoms with E-state index in [1.165, 1.54) is 17.3 Å². The number of carbonyl (C=O) groups excluding carboxylic acids is 1. The molecule has 0 saturated heterocycles. The maximum atomic E-state index is 12.3. The Labute approximate surface area is 207 Å². The molecule has 0 aliphatic heterocycles. The van der Waals surface area contributed by atoms with E-state index in [1.54, 1.807) is 12.3 Å². The van der Waals surface area contributed by atoms with Crippen LogP contribution in [0, 0.1) is 6.92 Å². The Morgan fingerprint density at radius 3 is 2.66 bits per heavy atom. The van der Waals surface area contributed by atoms with Crippen LogP contribution in [-0.4, -0.2) is 31.4 Å². The zero-order chi connectivity index (χ0) is 24.2. The molecule has 35 heavy (non-hydrogen) atoms. The van der Waals surface area contributed by atoms with Gasteiger partial charge in [0.1, 0.15) is 5.76 Å². The van der Waals surface area contributed by atoms with E-state index in [0.29, 0.717) is 18.2 Å². The second-order valence-electron chi connectivity index (χ2n) is 8.13. The molecular formula is C27H25N5O2S. The number of carbonyl (C=O) groups is 1. The van der Waals surface area contributed by atoms with Gasteiger partial charge in [-0.15, -0.1) is 10.2 Å². The fraction of sp³-hybridized carbons (Fsp3) is 0.185. The Morgan fingerprint density at radius 1 is 1.06 bits per heavy atom. The average molecular weight is 484 g/mol. The van der Waals surface area contributed by atoms with Crippen molar-refractivity contribution in [1.82, 2.24) is 25.1 Å². The summed E-state index contributed by atoms with van der Waals surface area (Å²) >= 11 is 1.37. The lowest BCUT2D eigenvalue weighted by Gasteiger charge is -2.12. The molecule has 2 aromatic carbocycles. The minimum absolute atomic E-state index is 0.0883. The van der Waals surface area contributed by atoms with Gasteiger partial charge in [0, 0.05) is 23.1 Å². The number of pyridine rings is 1. The van der Waals surface area contributed by atoms with Gasteiger partial charge in [-0.1, -0.05) is 59.8 Å². The first-order chi connectivity index (χ1) is 17.1. The summed E-state index contributed by atoms with van der Waals surface area (Å²) in [6.07, 6.45) is 1.59. The summed E-state index contributed by atoms with van der Waals surface area (Å²) in [6.45, 7) is 5.17. The quantitative estimate of drug-likeness (QED) is 0.294. The molecule has 8 heteroatoms. The summed E-state index contributed by atoms with van der Waals surface area (Å²) in [5.41, 5.74) is 5.01. The fourth-order valence-electron chi connectivity index (χ4n) is 3.89. The van der Waals surface area contributed by atoms with Crippen LogP contribution in [0.3, 0.4) is 0 Å². The topological polar surface area (TPSA) is 85.8 Å². The molecular weight excluding hydrogens is 458 g/mol. The summed E-state index contributed by atoms with van der Waals surface area (Å²) in [5, 5.41) is 13.5. The number of nitrogens with zero attached hydrogens (tertiary/aromatic N) is 4. The fourth-order valence-corrected chi connectivity index (χ4v) is 4.72. The molecule has 0 spiro atoms. The number of nitrogens with one attached hydrogen (secondary N) is 1. The van der Waals surface area contributed by atoms with E-state index in [4.69, 9.17) is 9.40 Å². The van der Waals surface area contributed by atoms with Crippen molar-refractivity contribution in [3.8, 4) is 22.6 Å². The second-order valence-corrected chi connectivity index (χ2v) is 9.08. The molecule has 0 radical (unpaired) electrons. The smallest absolute Gasteiger partial charge is 0.230 e. The molecule has 0 bridgehead atoms. The predicted octanol–water partition coefficient (Wildman–Crippen LogP) is 5.49. The van der Waals surface area contributed by atoms with E-state index in [2.05, 4.69) is 65.8 Å². The highest BCUT2D eigenvalue weighted by Gasteiger charge is 2.18. The Kier molecular flexibility index (Phi) is 6.63. The largest absolute Gasteiger partial charge is 0.467 e. The van der Waals surface area contributed by atoms with Crippen molar-refractivity contribution < 1.29 is 9.21 Å². The molecule has 0 saturated carbocycles. The zero-order valence-corrected chi connectivity index (χ0v) is 20.4. The predicted molar refractivity (Wildman–Crippen MR) is 138 cm³/mol. The van der Waals surface area contributed by atoms with Gasteiger partial charge in [0.25, 0.3) is 0 Å². The number of rotatable bonds is 8. The van der Waals surface area contributed by atoms with Gasteiger partial charge in [-0.2, -0.15) is 0 Å². The van der Waals surface area contributed by atoms with Crippen LogP contribution in [0.25, 0.3) is 33.5 Å². The highest BCUT2D eigenvalue weighted by atomic mass is 32.2. The molecule has 0 unspecified atom stereocenters. The van der Waals surface area contributed by atoms with Crippen LogP contribution in [-0.2, 0) is 17.9 Å². The second kappa shape index (κ2) is 10.1. The highest BCUT2D eigenvalue weighted by molar-refractivity contribution is 7.99. The number of para-hydroxylation sites is 1. The van der Waals surface area contributed by atoms with E-state index in [-0.39, 0.29) is 11.7 Å². The van der Waals surface area contributed by atoms with Gasteiger partial charge in [0.2, 0.25) is 5.91 Å². The minimum Gasteiger partial charge on any atom is -0.467 e. The monoisotopic (exact) mass is 483 g/mol. The molecule has 1 amide bonds. The molecule has 7 nitrogen and oxygen atoms in total.